The normalized spacial score (nSPS) is 13.7. The van der Waals surface area contributed by atoms with Crippen molar-refractivity contribution in [2.45, 2.75) is 90.9 Å². The fourth-order valence-corrected chi connectivity index (χ4v) is 3.76. The van der Waals surface area contributed by atoms with Gasteiger partial charge in [0.15, 0.2) is 0 Å². The molecule has 0 saturated carbocycles. The molecule has 0 bridgehead atoms. The first-order valence-electron chi connectivity index (χ1n) is 8.75. The van der Waals surface area contributed by atoms with Crippen molar-refractivity contribution in [3.63, 3.8) is 0 Å². The van der Waals surface area contributed by atoms with Crippen LogP contribution in [0.4, 0.5) is 0 Å². The van der Waals surface area contributed by atoms with Crippen molar-refractivity contribution in [1.82, 2.24) is 4.72 Å². The molecule has 0 fully saturated rings. The quantitative estimate of drug-likeness (QED) is 0.285. The third-order valence-electron chi connectivity index (χ3n) is 3.76. The van der Waals surface area contributed by atoms with E-state index in [1.165, 1.54) is 89.3 Å². The first kappa shape index (κ1) is 19.3. The maximum absolute atomic E-state index is 3.68. The molecule has 2 heteroatoms. The summed E-state index contributed by atoms with van der Waals surface area (Å²) < 4.78 is 3.68. The summed E-state index contributed by atoms with van der Waals surface area (Å²) in [6.45, 7) is 5.79. The van der Waals surface area contributed by atoms with Crippen LogP contribution in [0.1, 0.15) is 90.9 Å². The van der Waals surface area contributed by atoms with Crippen LogP contribution in [0.25, 0.3) is 0 Å². The van der Waals surface area contributed by atoms with Gasteiger partial charge in [-0.05, 0) is 24.9 Å². The SMILES string of the molecule is CCCCCCCCCCCC[SH](C)NCCCC. The third kappa shape index (κ3) is 16.3. The van der Waals surface area contributed by atoms with Gasteiger partial charge in [-0.3, -0.25) is 4.72 Å². The topological polar surface area (TPSA) is 12.0 Å². The van der Waals surface area contributed by atoms with Gasteiger partial charge in [-0.25, -0.2) is 11.1 Å². The van der Waals surface area contributed by atoms with Gasteiger partial charge in [0.25, 0.3) is 0 Å². The summed E-state index contributed by atoms with van der Waals surface area (Å²) in [5.74, 6) is 1.43. The molecular weight excluding hydrogens is 250 g/mol. The summed E-state index contributed by atoms with van der Waals surface area (Å²) >= 11 is 0.123. The van der Waals surface area contributed by atoms with Gasteiger partial charge in [0.2, 0.25) is 0 Å². The number of hydrogen-bond acceptors (Lipinski definition) is 1. The molecule has 0 aromatic rings. The minimum absolute atomic E-state index is 0.123. The zero-order valence-electron chi connectivity index (χ0n) is 13.8. The van der Waals surface area contributed by atoms with Crippen LogP contribution in [0.2, 0.25) is 0 Å². The maximum atomic E-state index is 3.68. The largest absolute Gasteiger partial charge is 0.284 e. The zero-order valence-corrected chi connectivity index (χ0v) is 14.7. The fourth-order valence-electron chi connectivity index (χ4n) is 2.36. The summed E-state index contributed by atoms with van der Waals surface area (Å²) in [6.07, 6.45) is 19.6. The van der Waals surface area contributed by atoms with Crippen LogP contribution in [0, 0.1) is 0 Å². The molecule has 0 aromatic carbocycles. The number of thiol groups is 1. The van der Waals surface area contributed by atoms with E-state index in [0.717, 1.165) is 0 Å². The smallest absolute Gasteiger partial charge is 0.00410 e. The summed E-state index contributed by atoms with van der Waals surface area (Å²) in [6, 6.07) is 0. The van der Waals surface area contributed by atoms with E-state index in [9.17, 15) is 0 Å². The predicted molar refractivity (Wildman–Crippen MR) is 94.5 cm³/mol. The monoisotopic (exact) mass is 289 g/mol. The Bertz CT molecular complexity index is 161. The lowest BCUT2D eigenvalue weighted by atomic mass is 10.1. The molecule has 1 N–H and O–H groups in total. The number of nitrogens with one attached hydrogen (secondary N) is 1. The minimum Gasteiger partial charge on any atom is -0.284 e. The van der Waals surface area contributed by atoms with Crippen LogP contribution in [-0.2, 0) is 0 Å². The summed E-state index contributed by atoms with van der Waals surface area (Å²) in [7, 11) is 0. The Morgan fingerprint density at radius 3 is 1.63 bits per heavy atom. The standard InChI is InChI=1S/C17H39NS/c1-4-6-8-9-10-11-12-13-14-15-17-19(3)18-16-7-5-2/h18-19H,4-17H2,1-3H3. The lowest BCUT2D eigenvalue weighted by Gasteiger charge is -2.17. The number of unbranched alkanes of at least 4 members (excludes halogenated alkanes) is 10. The van der Waals surface area contributed by atoms with Crippen LogP contribution in [0.3, 0.4) is 0 Å². The molecule has 0 spiro atoms. The van der Waals surface area contributed by atoms with Gasteiger partial charge in [-0.15, -0.1) is 0 Å². The van der Waals surface area contributed by atoms with Gasteiger partial charge >= 0.3 is 0 Å². The lowest BCUT2D eigenvalue weighted by molar-refractivity contribution is 0.563. The lowest BCUT2D eigenvalue weighted by Crippen LogP contribution is -2.12. The van der Waals surface area contributed by atoms with Crippen molar-refractivity contribution in [3.8, 4) is 0 Å². The van der Waals surface area contributed by atoms with E-state index in [-0.39, 0.29) is 11.1 Å². The van der Waals surface area contributed by atoms with E-state index < -0.39 is 0 Å². The van der Waals surface area contributed by atoms with Gasteiger partial charge in [-0.2, -0.15) is 0 Å². The van der Waals surface area contributed by atoms with E-state index in [1.54, 1.807) is 0 Å². The van der Waals surface area contributed by atoms with Crippen LogP contribution >= 0.6 is 11.1 Å². The molecule has 0 saturated heterocycles. The molecule has 0 rings (SSSR count). The fraction of sp³-hybridized carbons (Fsp3) is 1.00. The molecule has 0 heterocycles. The second kappa shape index (κ2) is 16.4. The van der Waals surface area contributed by atoms with E-state index in [0.29, 0.717) is 0 Å². The Labute approximate surface area is 125 Å². The predicted octanol–water partition coefficient (Wildman–Crippen LogP) is 5.84. The van der Waals surface area contributed by atoms with Crippen molar-refractivity contribution in [2.75, 3.05) is 18.6 Å². The average Bonchev–Trinajstić information content (AvgIpc) is 2.41. The number of hydrogen-bond donors (Lipinski definition) is 2. The first-order chi connectivity index (χ1) is 9.31. The van der Waals surface area contributed by atoms with Crippen LogP contribution in [0.15, 0.2) is 0 Å². The highest BCUT2D eigenvalue weighted by atomic mass is 32.2. The van der Waals surface area contributed by atoms with Gasteiger partial charge < -0.3 is 0 Å². The van der Waals surface area contributed by atoms with Crippen molar-refractivity contribution in [3.05, 3.63) is 0 Å². The molecule has 0 aliphatic carbocycles. The Morgan fingerprint density at radius 2 is 1.11 bits per heavy atom. The van der Waals surface area contributed by atoms with Crippen molar-refractivity contribution in [1.29, 1.82) is 0 Å². The van der Waals surface area contributed by atoms with Gasteiger partial charge in [0, 0.05) is 6.54 Å². The molecule has 1 atom stereocenters. The van der Waals surface area contributed by atoms with Crippen molar-refractivity contribution < 1.29 is 0 Å². The highest BCUT2D eigenvalue weighted by Gasteiger charge is 1.97. The van der Waals surface area contributed by atoms with Crippen molar-refractivity contribution in [2.24, 2.45) is 0 Å². The third-order valence-corrected chi connectivity index (χ3v) is 5.51. The van der Waals surface area contributed by atoms with E-state index in [4.69, 9.17) is 0 Å². The van der Waals surface area contributed by atoms with Gasteiger partial charge in [-0.1, -0.05) is 78.1 Å². The van der Waals surface area contributed by atoms with Crippen molar-refractivity contribution >= 4 is 11.1 Å². The molecule has 0 aliphatic rings. The zero-order chi connectivity index (χ0) is 14.2. The molecular formula is C17H39NS. The Hall–Kier alpha value is 0.310. The molecule has 1 unspecified atom stereocenters. The van der Waals surface area contributed by atoms with E-state index in [1.807, 2.05) is 0 Å². The molecule has 1 nitrogen and oxygen atoms in total. The van der Waals surface area contributed by atoms with Gasteiger partial charge in [0.05, 0.1) is 0 Å². The summed E-state index contributed by atoms with van der Waals surface area (Å²) in [5, 5.41) is 0. The first-order valence-corrected chi connectivity index (χ1v) is 10.7. The molecule has 0 amide bonds. The second-order valence-corrected chi connectivity index (χ2v) is 8.02. The Kier molecular flexibility index (Phi) is 16.6. The van der Waals surface area contributed by atoms with Gasteiger partial charge in [0.1, 0.15) is 0 Å². The highest BCUT2D eigenvalue weighted by Crippen LogP contribution is 2.18. The van der Waals surface area contributed by atoms with E-state index in [2.05, 4.69) is 24.8 Å². The molecule has 0 aliphatic heterocycles. The molecule has 0 radical (unpaired) electrons. The van der Waals surface area contributed by atoms with E-state index >= 15 is 0 Å². The average molecular weight is 290 g/mol. The minimum atomic E-state index is 0.123. The summed E-state index contributed by atoms with van der Waals surface area (Å²) in [4.78, 5) is 0. The molecule has 118 valence electrons. The van der Waals surface area contributed by atoms with Crippen LogP contribution < -0.4 is 4.72 Å². The summed E-state index contributed by atoms with van der Waals surface area (Å²) in [5.41, 5.74) is 0. The number of rotatable bonds is 15. The van der Waals surface area contributed by atoms with Crippen LogP contribution in [-0.4, -0.2) is 18.6 Å². The molecule has 19 heavy (non-hydrogen) atoms. The van der Waals surface area contributed by atoms with Crippen LogP contribution in [0.5, 0.6) is 0 Å². The maximum Gasteiger partial charge on any atom is 0.00410 e. The highest BCUT2D eigenvalue weighted by molar-refractivity contribution is 8.14. The molecule has 0 aromatic heterocycles. The second-order valence-electron chi connectivity index (χ2n) is 5.87. The Morgan fingerprint density at radius 1 is 0.632 bits per heavy atom. The Balaban J connectivity index is 3.05.